The number of benzene rings is 2. The summed E-state index contributed by atoms with van der Waals surface area (Å²) in [4.78, 5) is 74.0. The van der Waals surface area contributed by atoms with E-state index in [4.69, 9.17) is 14.2 Å². The summed E-state index contributed by atoms with van der Waals surface area (Å²) in [5, 5.41) is 9.52. The normalized spacial score (nSPS) is 18.8. The van der Waals surface area contributed by atoms with Gasteiger partial charge in [-0.1, -0.05) is 0 Å². The van der Waals surface area contributed by atoms with Crippen LogP contribution in [0, 0.1) is 0 Å². The van der Waals surface area contributed by atoms with E-state index in [0.29, 0.717) is 78.9 Å². The SMILES string of the molecule is CC(C)Oc1cc2c(cc1NC(=O)c1cnn3cccnc13)CN(C1CCN(CCOCCOc3ccc4c(c3)CN(C3CCC(=O)NC3=O)C4=O)CC1)C2=O. The van der Waals surface area contributed by atoms with Crippen LogP contribution in [-0.2, 0) is 27.4 Å². The van der Waals surface area contributed by atoms with E-state index in [0.717, 1.165) is 43.6 Å². The molecule has 0 spiro atoms. The quantitative estimate of drug-likeness (QED) is 0.151. The van der Waals surface area contributed by atoms with Crippen molar-refractivity contribution in [2.45, 2.75) is 70.8 Å². The lowest BCUT2D eigenvalue weighted by Gasteiger charge is -2.36. The Kier molecular flexibility index (Phi) is 10.4. The van der Waals surface area contributed by atoms with Crippen molar-refractivity contribution in [3.63, 3.8) is 0 Å². The molecule has 8 rings (SSSR count). The van der Waals surface area contributed by atoms with Gasteiger partial charge in [-0.25, -0.2) is 9.50 Å². The van der Waals surface area contributed by atoms with Gasteiger partial charge in [0.05, 0.1) is 31.2 Å². The lowest BCUT2D eigenvalue weighted by atomic mass is 10.0. The van der Waals surface area contributed by atoms with Gasteiger partial charge in [0.2, 0.25) is 11.8 Å². The highest BCUT2D eigenvalue weighted by molar-refractivity contribution is 6.09. The van der Waals surface area contributed by atoms with Crippen molar-refractivity contribution < 1.29 is 38.2 Å². The number of anilines is 1. The molecule has 4 aliphatic rings. The van der Waals surface area contributed by atoms with E-state index < -0.39 is 11.9 Å². The number of imide groups is 1. The molecule has 2 saturated heterocycles. The van der Waals surface area contributed by atoms with E-state index in [2.05, 4.69) is 25.6 Å². The molecule has 16 nitrogen and oxygen atoms in total. The van der Waals surface area contributed by atoms with Crippen LogP contribution < -0.4 is 20.1 Å². The van der Waals surface area contributed by atoms with Crippen molar-refractivity contribution in [3.05, 3.63) is 82.8 Å². The van der Waals surface area contributed by atoms with Crippen LogP contribution in [0.1, 0.15) is 81.7 Å². The number of ether oxygens (including phenoxy) is 3. The summed E-state index contributed by atoms with van der Waals surface area (Å²) in [5.74, 6) is -0.290. The van der Waals surface area contributed by atoms with Gasteiger partial charge in [-0.3, -0.25) is 29.3 Å². The predicted molar refractivity (Wildman–Crippen MR) is 201 cm³/mol. The van der Waals surface area contributed by atoms with Gasteiger partial charge in [-0.05, 0) is 80.6 Å². The second-order valence-corrected chi connectivity index (χ2v) is 14.8. The third-order valence-electron chi connectivity index (χ3n) is 10.7. The Labute approximate surface area is 323 Å². The van der Waals surface area contributed by atoms with E-state index in [-0.39, 0.29) is 42.2 Å². The van der Waals surface area contributed by atoms with Gasteiger partial charge in [-0.2, -0.15) is 5.10 Å². The first kappa shape index (κ1) is 37.1. The zero-order chi connectivity index (χ0) is 38.9. The number of amides is 5. The Morgan fingerprint density at radius 3 is 2.54 bits per heavy atom. The van der Waals surface area contributed by atoms with Crippen molar-refractivity contribution in [2.75, 3.05) is 44.8 Å². The number of nitrogens with zero attached hydrogens (tertiary/aromatic N) is 6. The number of likely N-dealkylation sites (tertiary alicyclic amines) is 1. The van der Waals surface area contributed by atoms with Gasteiger partial charge in [-0.15, -0.1) is 0 Å². The Bertz CT molecular complexity index is 2200. The van der Waals surface area contributed by atoms with Crippen LogP contribution in [0.5, 0.6) is 11.5 Å². The van der Waals surface area contributed by atoms with E-state index >= 15 is 0 Å². The maximum atomic E-state index is 13.7. The second kappa shape index (κ2) is 15.7. The van der Waals surface area contributed by atoms with Crippen LogP contribution >= 0.6 is 0 Å². The van der Waals surface area contributed by atoms with Gasteiger partial charge in [0.25, 0.3) is 17.7 Å². The minimum absolute atomic E-state index is 0.0262. The highest BCUT2D eigenvalue weighted by Gasteiger charge is 2.39. The van der Waals surface area contributed by atoms with E-state index in [1.165, 1.54) is 11.1 Å². The van der Waals surface area contributed by atoms with Crippen molar-refractivity contribution in [1.29, 1.82) is 0 Å². The Morgan fingerprint density at radius 1 is 0.946 bits per heavy atom. The maximum absolute atomic E-state index is 13.7. The third-order valence-corrected chi connectivity index (χ3v) is 10.7. The lowest BCUT2D eigenvalue weighted by molar-refractivity contribution is -0.136. The van der Waals surface area contributed by atoms with Crippen LogP contribution in [0.15, 0.2) is 55.0 Å². The fourth-order valence-electron chi connectivity index (χ4n) is 7.90. The highest BCUT2D eigenvalue weighted by Crippen LogP contribution is 2.37. The molecule has 292 valence electrons. The molecule has 2 N–H and O–H groups in total. The molecule has 4 aliphatic heterocycles. The Balaban J connectivity index is 0.783. The number of nitrogens with one attached hydrogen (secondary N) is 2. The summed E-state index contributed by atoms with van der Waals surface area (Å²) in [7, 11) is 0. The van der Waals surface area contributed by atoms with Crippen LogP contribution in [-0.4, -0.2) is 116 Å². The van der Waals surface area contributed by atoms with Gasteiger partial charge in [0.1, 0.15) is 29.7 Å². The second-order valence-electron chi connectivity index (χ2n) is 14.8. The van der Waals surface area contributed by atoms with E-state index in [9.17, 15) is 24.0 Å². The number of hydrogen-bond donors (Lipinski definition) is 2. The molecule has 56 heavy (non-hydrogen) atoms. The number of aromatic nitrogens is 3. The minimum Gasteiger partial charge on any atom is -0.491 e. The molecule has 0 saturated carbocycles. The average molecular weight is 765 g/mol. The summed E-state index contributed by atoms with van der Waals surface area (Å²) in [6, 6.07) is 10.1. The fraction of sp³-hybridized carbons (Fsp3) is 0.425. The van der Waals surface area contributed by atoms with Crippen LogP contribution in [0.4, 0.5) is 5.69 Å². The molecule has 6 heterocycles. The predicted octanol–water partition coefficient (Wildman–Crippen LogP) is 3.05. The summed E-state index contributed by atoms with van der Waals surface area (Å²) in [5.41, 5.74) is 4.05. The van der Waals surface area contributed by atoms with Crippen molar-refractivity contribution in [3.8, 4) is 11.5 Å². The summed E-state index contributed by atoms with van der Waals surface area (Å²) in [6.45, 7) is 8.28. The number of rotatable bonds is 13. The van der Waals surface area contributed by atoms with E-state index in [1.54, 1.807) is 41.2 Å². The molecular weight excluding hydrogens is 720 g/mol. The topological polar surface area (TPSA) is 177 Å². The minimum atomic E-state index is -0.653. The first-order valence-electron chi connectivity index (χ1n) is 19.1. The largest absolute Gasteiger partial charge is 0.491 e. The van der Waals surface area contributed by atoms with Crippen molar-refractivity contribution in [1.82, 2.24) is 34.6 Å². The number of hydrogen-bond acceptors (Lipinski definition) is 11. The molecule has 5 amide bonds. The zero-order valence-corrected chi connectivity index (χ0v) is 31.4. The van der Waals surface area contributed by atoms with Crippen LogP contribution in [0.3, 0.4) is 0 Å². The van der Waals surface area contributed by atoms with Crippen LogP contribution in [0.25, 0.3) is 5.65 Å². The van der Waals surface area contributed by atoms with Gasteiger partial charge >= 0.3 is 0 Å². The summed E-state index contributed by atoms with van der Waals surface area (Å²) in [6.07, 6.45) is 6.86. The van der Waals surface area contributed by atoms with Gasteiger partial charge < -0.3 is 34.2 Å². The first-order valence-corrected chi connectivity index (χ1v) is 19.1. The average Bonchev–Trinajstić information content (AvgIpc) is 3.86. The molecule has 2 aromatic heterocycles. The molecule has 2 aromatic carbocycles. The first-order chi connectivity index (χ1) is 27.1. The molecule has 0 bridgehead atoms. The number of fused-ring (bicyclic) bond motifs is 3. The molecule has 16 heteroatoms. The van der Waals surface area contributed by atoms with Crippen molar-refractivity contribution >= 4 is 40.9 Å². The number of carbonyl (C=O) groups is 5. The number of carbonyl (C=O) groups excluding carboxylic acids is 5. The molecular formula is C40H44N8O8. The van der Waals surface area contributed by atoms with Crippen molar-refractivity contribution in [2.24, 2.45) is 0 Å². The van der Waals surface area contributed by atoms with Crippen LogP contribution in [0.2, 0.25) is 0 Å². The Hall–Kier alpha value is -5.87. The smallest absolute Gasteiger partial charge is 0.261 e. The lowest BCUT2D eigenvalue weighted by Crippen LogP contribution is -2.52. The Morgan fingerprint density at radius 2 is 1.73 bits per heavy atom. The third kappa shape index (κ3) is 7.53. The standard InChI is InChI=1S/C40H44N8O8/c1-24(2)56-34-20-30-26(19-32(34)43-37(50)31-21-42-48-11-3-10-41-36(31)48)22-46(40(30)53)27-8-12-45(13-9-27)14-15-54-16-17-55-28-4-5-29-25(18-28)23-47(39(29)52)33-6-7-35(49)44-38(33)51/h3-5,10-11,18-21,24,27,33H,6-9,12-17,22-23H2,1-2H3,(H,43,50)(H,44,49,51). The highest BCUT2D eigenvalue weighted by atomic mass is 16.5. The zero-order valence-electron chi connectivity index (χ0n) is 31.4. The molecule has 4 aromatic rings. The fourth-order valence-corrected chi connectivity index (χ4v) is 7.90. The molecule has 1 unspecified atom stereocenters. The summed E-state index contributed by atoms with van der Waals surface area (Å²) < 4.78 is 19.4. The van der Waals surface area contributed by atoms with Gasteiger partial charge in [0.15, 0.2) is 5.65 Å². The molecule has 1 atom stereocenters. The monoisotopic (exact) mass is 764 g/mol. The summed E-state index contributed by atoms with van der Waals surface area (Å²) >= 11 is 0. The molecule has 0 aliphatic carbocycles. The molecule has 0 radical (unpaired) electrons. The number of piperidine rings is 2. The molecule has 2 fully saturated rings. The van der Waals surface area contributed by atoms with E-state index in [1.807, 2.05) is 30.9 Å². The maximum Gasteiger partial charge on any atom is 0.261 e. The van der Waals surface area contributed by atoms with Gasteiger partial charge in [0, 0.05) is 68.7 Å².